The number of rotatable bonds is 5. The molecule has 0 aliphatic carbocycles. The van der Waals surface area contributed by atoms with Gasteiger partial charge in [-0.25, -0.2) is 9.59 Å². The van der Waals surface area contributed by atoms with E-state index in [0.29, 0.717) is 6.54 Å². The summed E-state index contributed by atoms with van der Waals surface area (Å²) in [5, 5.41) is -0.0254. The van der Waals surface area contributed by atoms with Gasteiger partial charge >= 0.3 is 11.7 Å². The fraction of sp³-hybridized carbons (Fsp3) is 0.583. The third-order valence-electron chi connectivity index (χ3n) is 3.14. The molecule has 1 aromatic rings. The molecule has 0 radical (unpaired) electrons. The van der Waals surface area contributed by atoms with E-state index in [9.17, 15) is 14.4 Å². The molecule has 0 aromatic carbocycles. The van der Waals surface area contributed by atoms with Crippen LogP contribution in [0.15, 0.2) is 19.6 Å². The minimum absolute atomic E-state index is 0.0254. The Labute approximate surface area is 108 Å². The first-order chi connectivity index (χ1) is 9.06. The maximum Gasteiger partial charge on any atom is 0.369 e. The van der Waals surface area contributed by atoms with E-state index in [0.717, 1.165) is 30.3 Å². The summed E-state index contributed by atoms with van der Waals surface area (Å²) >= 11 is 0. The van der Waals surface area contributed by atoms with Gasteiger partial charge in [-0.15, -0.1) is 0 Å². The number of carbonyl (C=O) groups excluding carboxylic acids is 1. The summed E-state index contributed by atoms with van der Waals surface area (Å²) in [6.07, 6.45) is 3.87. The molecule has 1 aliphatic heterocycles. The van der Waals surface area contributed by atoms with E-state index in [4.69, 9.17) is 0 Å². The number of urea groups is 1. The van der Waals surface area contributed by atoms with Crippen LogP contribution in [0.4, 0.5) is 4.79 Å². The SMILES string of the molecule is CCCCCCn1c(=O)c2c(n(C)c1=O)=NC(=O)N=2. The van der Waals surface area contributed by atoms with E-state index in [2.05, 4.69) is 16.9 Å². The first-order valence-electron chi connectivity index (χ1n) is 6.37. The predicted molar refractivity (Wildman–Crippen MR) is 67.8 cm³/mol. The second-order valence-corrected chi connectivity index (χ2v) is 4.54. The standard InChI is InChI=1S/C12H16N4O3/c1-3-4-5-6-7-16-10(17)8-9(14-11(18)13-8)15(2)12(16)19/h3-7H2,1-2H3. The number of carbonyl (C=O) groups is 1. The van der Waals surface area contributed by atoms with Crippen LogP contribution in [0.3, 0.4) is 0 Å². The summed E-state index contributed by atoms with van der Waals surface area (Å²) in [6, 6.07) is -0.731. The molecular formula is C12H16N4O3. The highest BCUT2D eigenvalue weighted by Gasteiger charge is 2.15. The quantitative estimate of drug-likeness (QED) is 0.672. The molecule has 1 aromatic heterocycles. The Balaban J connectivity index is 2.46. The summed E-state index contributed by atoms with van der Waals surface area (Å²) in [6.45, 7) is 2.44. The number of hydrogen-bond acceptors (Lipinski definition) is 3. The summed E-state index contributed by atoms with van der Waals surface area (Å²) in [7, 11) is 1.49. The molecule has 2 amide bonds. The van der Waals surface area contributed by atoms with Crippen molar-refractivity contribution in [2.45, 2.75) is 39.2 Å². The molecule has 0 N–H and O–H groups in total. The molecule has 0 saturated heterocycles. The van der Waals surface area contributed by atoms with Crippen LogP contribution < -0.4 is 22.1 Å². The lowest BCUT2D eigenvalue weighted by Gasteiger charge is -2.05. The molecule has 0 spiro atoms. The molecule has 0 unspecified atom stereocenters. The van der Waals surface area contributed by atoms with Crippen LogP contribution in [0.1, 0.15) is 32.6 Å². The number of aromatic nitrogens is 2. The zero-order valence-electron chi connectivity index (χ0n) is 11.0. The summed E-state index contributed by atoms with van der Waals surface area (Å²) in [5.41, 5.74) is -0.914. The fourth-order valence-corrected chi connectivity index (χ4v) is 2.07. The molecule has 19 heavy (non-hydrogen) atoms. The third-order valence-corrected chi connectivity index (χ3v) is 3.14. The minimum atomic E-state index is -0.731. The van der Waals surface area contributed by atoms with Crippen LogP contribution in [0.5, 0.6) is 0 Å². The minimum Gasteiger partial charge on any atom is -0.279 e. The number of hydrogen-bond donors (Lipinski definition) is 0. The highest BCUT2D eigenvalue weighted by molar-refractivity contribution is 5.77. The second kappa shape index (κ2) is 5.29. The molecule has 102 valence electrons. The van der Waals surface area contributed by atoms with Crippen molar-refractivity contribution in [2.75, 3.05) is 0 Å². The van der Waals surface area contributed by atoms with Gasteiger partial charge in [0.2, 0.25) is 0 Å². The van der Waals surface area contributed by atoms with E-state index in [1.54, 1.807) is 0 Å². The summed E-state index contributed by atoms with van der Waals surface area (Å²) < 4.78 is 2.33. The highest BCUT2D eigenvalue weighted by atomic mass is 16.2. The molecule has 0 saturated carbocycles. The van der Waals surface area contributed by atoms with Crippen LogP contribution in [-0.4, -0.2) is 15.2 Å². The van der Waals surface area contributed by atoms with Gasteiger partial charge in [0, 0.05) is 13.6 Å². The van der Waals surface area contributed by atoms with Crippen molar-refractivity contribution in [1.29, 1.82) is 0 Å². The van der Waals surface area contributed by atoms with Gasteiger partial charge in [-0.2, -0.15) is 9.98 Å². The van der Waals surface area contributed by atoms with Crippen LogP contribution in [-0.2, 0) is 13.6 Å². The van der Waals surface area contributed by atoms with Crippen LogP contribution in [0.25, 0.3) is 0 Å². The highest BCUT2D eigenvalue weighted by Crippen LogP contribution is 1.98. The largest absolute Gasteiger partial charge is 0.369 e. The number of nitrogens with zero attached hydrogens (tertiary/aromatic N) is 4. The average Bonchev–Trinajstić information content (AvgIpc) is 2.78. The summed E-state index contributed by atoms with van der Waals surface area (Å²) in [5.74, 6) is 0. The summed E-state index contributed by atoms with van der Waals surface area (Å²) in [4.78, 5) is 42.4. The Kier molecular flexibility index (Phi) is 3.73. The van der Waals surface area contributed by atoms with Crippen LogP contribution in [0, 0.1) is 0 Å². The number of amides is 2. The van der Waals surface area contributed by atoms with Gasteiger partial charge in [-0.05, 0) is 6.42 Å². The first-order valence-corrected chi connectivity index (χ1v) is 6.37. The average molecular weight is 264 g/mol. The van der Waals surface area contributed by atoms with E-state index in [1.165, 1.54) is 11.6 Å². The number of fused-ring (bicyclic) bond motifs is 1. The molecule has 2 rings (SSSR count). The molecule has 2 heterocycles. The lowest BCUT2D eigenvalue weighted by atomic mass is 10.2. The van der Waals surface area contributed by atoms with Gasteiger partial charge in [0.1, 0.15) is 0 Å². The Bertz CT molecular complexity index is 742. The van der Waals surface area contributed by atoms with Gasteiger partial charge < -0.3 is 0 Å². The molecule has 7 nitrogen and oxygen atoms in total. The Hall–Kier alpha value is -2.05. The van der Waals surface area contributed by atoms with Crippen LogP contribution >= 0.6 is 0 Å². The second-order valence-electron chi connectivity index (χ2n) is 4.54. The Morgan fingerprint density at radius 3 is 2.47 bits per heavy atom. The van der Waals surface area contributed by atoms with Gasteiger partial charge in [0.25, 0.3) is 5.56 Å². The lowest BCUT2D eigenvalue weighted by molar-refractivity contribution is 0.256. The molecule has 1 aliphatic rings. The van der Waals surface area contributed by atoms with E-state index in [1.807, 2.05) is 0 Å². The zero-order chi connectivity index (χ0) is 14.0. The van der Waals surface area contributed by atoms with E-state index in [-0.39, 0.29) is 10.8 Å². The van der Waals surface area contributed by atoms with Gasteiger partial charge in [-0.1, -0.05) is 26.2 Å². The third kappa shape index (κ3) is 2.40. The maximum atomic E-state index is 12.1. The first kappa shape index (κ1) is 13.4. The molecule has 0 fully saturated rings. The van der Waals surface area contributed by atoms with Gasteiger partial charge in [0.05, 0.1) is 0 Å². The van der Waals surface area contributed by atoms with Crippen molar-refractivity contribution in [3.05, 3.63) is 31.7 Å². The fourth-order valence-electron chi connectivity index (χ4n) is 2.07. The smallest absolute Gasteiger partial charge is 0.279 e. The Morgan fingerprint density at radius 1 is 1.05 bits per heavy atom. The number of unbranched alkanes of at least 4 members (excludes halogenated alkanes) is 3. The zero-order valence-corrected chi connectivity index (χ0v) is 11.0. The van der Waals surface area contributed by atoms with Crippen molar-refractivity contribution in [1.82, 2.24) is 9.13 Å². The molecular weight excluding hydrogens is 248 g/mol. The molecule has 7 heteroatoms. The maximum absolute atomic E-state index is 12.1. The van der Waals surface area contributed by atoms with Crippen LogP contribution in [0.2, 0.25) is 0 Å². The van der Waals surface area contributed by atoms with Crippen molar-refractivity contribution >= 4 is 6.03 Å². The van der Waals surface area contributed by atoms with Crippen molar-refractivity contribution in [3.8, 4) is 0 Å². The molecule has 0 bridgehead atoms. The Morgan fingerprint density at radius 2 is 1.79 bits per heavy atom. The molecule has 0 atom stereocenters. The van der Waals surface area contributed by atoms with Crippen molar-refractivity contribution < 1.29 is 4.79 Å². The topological polar surface area (TPSA) is 85.8 Å². The van der Waals surface area contributed by atoms with Gasteiger partial charge in [0.15, 0.2) is 10.8 Å². The normalized spacial score (nSPS) is 13.1. The lowest BCUT2D eigenvalue weighted by Crippen LogP contribution is -2.56. The monoisotopic (exact) mass is 264 g/mol. The van der Waals surface area contributed by atoms with E-state index < -0.39 is 17.3 Å². The predicted octanol–water partition coefficient (Wildman–Crippen LogP) is -0.500. The van der Waals surface area contributed by atoms with Gasteiger partial charge in [-0.3, -0.25) is 13.9 Å². The van der Waals surface area contributed by atoms with Crippen molar-refractivity contribution in [2.24, 2.45) is 17.0 Å². The van der Waals surface area contributed by atoms with Crippen molar-refractivity contribution in [3.63, 3.8) is 0 Å². The van der Waals surface area contributed by atoms with E-state index >= 15 is 0 Å².